The molecule has 3 N–H and O–H groups in total. The lowest BCUT2D eigenvalue weighted by Crippen LogP contribution is -2.65. The third kappa shape index (κ3) is 6.18. The number of rotatable bonds is 8. The first kappa shape index (κ1) is 27.5. The van der Waals surface area contributed by atoms with Gasteiger partial charge in [-0.25, -0.2) is 4.79 Å². The average molecular weight is 505 g/mol. The van der Waals surface area contributed by atoms with Crippen LogP contribution in [0.15, 0.2) is 78.9 Å². The summed E-state index contributed by atoms with van der Waals surface area (Å²) in [4.78, 5) is 26.6. The number of benzene rings is 3. The van der Waals surface area contributed by atoms with Gasteiger partial charge >= 0.3 is 6.09 Å². The van der Waals surface area contributed by atoms with Crippen molar-refractivity contribution in [3.63, 3.8) is 0 Å². The summed E-state index contributed by atoms with van der Waals surface area (Å²) in [5.74, 6) is 0. The highest BCUT2D eigenvalue weighted by Gasteiger charge is 2.49. The molecular formula is C30H40N2O3Si. The quantitative estimate of drug-likeness (QED) is 0.331. The summed E-state index contributed by atoms with van der Waals surface area (Å²) in [6.07, 6.45) is 1.05. The molecule has 3 rings (SSSR count). The molecule has 0 atom stereocenters. The molecule has 0 aliphatic heterocycles. The topological polar surface area (TPSA) is 75.8 Å². The van der Waals surface area contributed by atoms with Crippen LogP contribution >= 0.6 is 0 Å². The fraction of sp³-hybridized carbons (Fsp3) is 0.367. The molecule has 0 saturated heterocycles. The van der Waals surface area contributed by atoms with Gasteiger partial charge in [0.2, 0.25) is 0 Å². The van der Waals surface area contributed by atoms with E-state index in [0.717, 1.165) is 27.9 Å². The average Bonchev–Trinajstić information content (AvgIpc) is 2.83. The smallest absolute Gasteiger partial charge is 0.410 e. The molecule has 0 spiro atoms. The van der Waals surface area contributed by atoms with E-state index in [9.17, 15) is 9.59 Å². The fourth-order valence-electron chi connectivity index (χ4n) is 4.69. The van der Waals surface area contributed by atoms with Gasteiger partial charge in [-0.05, 0) is 66.2 Å². The van der Waals surface area contributed by atoms with Crippen molar-refractivity contribution in [1.29, 1.82) is 0 Å². The molecule has 0 unspecified atom stereocenters. The number of nitrogens with two attached hydrogens (primary N) is 1. The number of anilines is 1. The molecule has 0 radical (unpaired) electrons. The van der Waals surface area contributed by atoms with Gasteiger partial charge in [-0.1, -0.05) is 86.6 Å². The predicted octanol–water partition coefficient (Wildman–Crippen LogP) is 5.10. The summed E-state index contributed by atoms with van der Waals surface area (Å²) in [6.45, 7) is 10.3. The molecule has 0 heterocycles. The van der Waals surface area contributed by atoms with Crippen molar-refractivity contribution in [1.82, 2.24) is 4.90 Å². The second kappa shape index (κ2) is 10.9. The summed E-state index contributed by atoms with van der Waals surface area (Å²) < 4.78 is 5.53. The van der Waals surface area contributed by atoms with E-state index in [1.54, 1.807) is 11.9 Å². The molecule has 0 saturated carbocycles. The largest absolute Gasteiger partial charge is 0.444 e. The zero-order valence-corrected chi connectivity index (χ0v) is 23.4. The molecular weight excluding hydrogens is 464 g/mol. The minimum Gasteiger partial charge on any atom is -0.444 e. The van der Waals surface area contributed by atoms with Crippen molar-refractivity contribution >= 4 is 30.5 Å². The molecule has 6 heteroatoms. The first-order valence-corrected chi connectivity index (χ1v) is 14.4. The van der Waals surface area contributed by atoms with Crippen molar-refractivity contribution in [3.8, 4) is 0 Å². The molecule has 36 heavy (non-hydrogen) atoms. The van der Waals surface area contributed by atoms with Crippen LogP contribution in [0.2, 0.25) is 5.04 Å². The van der Waals surface area contributed by atoms with Gasteiger partial charge in [-0.15, -0.1) is 0 Å². The van der Waals surface area contributed by atoms with E-state index in [1.807, 2.05) is 99.6 Å². The summed E-state index contributed by atoms with van der Waals surface area (Å²) in [7, 11) is -1.38. The van der Waals surface area contributed by atoms with Crippen LogP contribution in [0, 0.1) is 0 Å². The van der Waals surface area contributed by atoms with E-state index >= 15 is 0 Å². The Kier molecular flexibility index (Phi) is 8.32. The summed E-state index contributed by atoms with van der Waals surface area (Å²) >= 11 is 0. The van der Waals surface area contributed by atoms with E-state index < -0.39 is 19.0 Å². The van der Waals surface area contributed by atoms with E-state index in [1.165, 1.54) is 0 Å². The molecule has 1 amide bonds. The monoisotopic (exact) mass is 504 g/mol. The maximum atomic E-state index is 12.6. The van der Waals surface area contributed by atoms with Gasteiger partial charge < -0.3 is 20.2 Å². The van der Waals surface area contributed by atoms with E-state index in [2.05, 4.69) is 13.8 Å². The Morgan fingerprint density at radius 1 is 0.889 bits per heavy atom. The predicted molar refractivity (Wildman–Crippen MR) is 151 cm³/mol. The third-order valence-corrected chi connectivity index (χ3v) is 11.3. The van der Waals surface area contributed by atoms with Gasteiger partial charge in [0.15, 0.2) is 0 Å². The minimum atomic E-state index is -3.12. The van der Waals surface area contributed by atoms with E-state index in [-0.39, 0.29) is 6.09 Å². The molecule has 5 nitrogen and oxygen atoms in total. The second-order valence-electron chi connectivity index (χ2n) is 11.1. The number of hydrogen-bond donors (Lipinski definition) is 2. The van der Waals surface area contributed by atoms with Crippen molar-refractivity contribution in [3.05, 3.63) is 90.0 Å². The number of ether oxygens (including phenoxy) is 1. The van der Waals surface area contributed by atoms with Gasteiger partial charge in [0.05, 0.1) is 0 Å². The zero-order valence-electron chi connectivity index (χ0n) is 22.4. The Labute approximate surface area is 217 Å². The molecule has 192 valence electrons. The Morgan fingerprint density at radius 3 is 1.92 bits per heavy atom. The molecule has 0 aromatic heterocycles. The third-order valence-electron chi connectivity index (χ3n) is 6.78. The number of amides is 1. The van der Waals surface area contributed by atoms with Crippen LogP contribution < -0.4 is 16.1 Å². The Balaban J connectivity index is 1.90. The lowest BCUT2D eigenvalue weighted by Gasteiger charge is -2.41. The van der Waals surface area contributed by atoms with Crippen molar-refractivity contribution in [2.45, 2.75) is 64.6 Å². The first-order valence-electron chi connectivity index (χ1n) is 12.5. The SMILES string of the molecule is CN(Cc1cccc(N)c1CCC(C)(C)[Si](O)(c1ccccc1)c1ccccc1)C(=O)OC(C)(C)C. The van der Waals surface area contributed by atoms with Crippen LogP contribution in [0.4, 0.5) is 10.5 Å². The Morgan fingerprint density at radius 2 is 1.42 bits per heavy atom. The van der Waals surface area contributed by atoms with Gasteiger partial charge in [-0.3, -0.25) is 0 Å². The lowest BCUT2D eigenvalue weighted by molar-refractivity contribution is 0.0284. The van der Waals surface area contributed by atoms with Crippen LogP contribution in [0.1, 0.15) is 52.2 Å². The molecule has 3 aromatic carbocycles. The summed E-state index contributed by atoms with van der Waals surface area (Å²) in [5.41, 5.74) is 8.59. The molecule has 0 fully saturated rings. The van der Waals surface area contributed by atoms with E-state index in [4.69, 9.17) is 10.5 Å². The highest BCUT2D eigenvalue weighted by atomic mass is 28.4. The van der Waals surface area contributed by atoms with Crippen LogP contribution in [-0.4, -0.2) is 36.8 Å². The Hall–Kier alpha value is -3.09. The highest BCUT2D eigenvalue weighted by molar-refractivity contribution is 6.98. The molecule has 3 aromatic rings. The summed E-state index contributed by atoms with van der Waals surface area (Å²) in [6, 6.07) is 25.9. The molecule has 0 aliphatic carbocycles. The van der Waals surface area contributed by atoms with Crippen molar-refractivity contribution in [2.24, 2.45) is 0 Å². The number of carbonyl (C=O) groups excluding carboxylic acids is 1. The van der Waals surface area contributed by atoms with Crippen molar-refractivity contribution in [2.75, 3.05) is 12.8 Å². The summed E-state index contributed by atoms with van der Waals surface area (Å²) in [5, 5.41) is 1.59. The normalized spacial score (nSPS) is 12.3. The number of nitrogens with zero attached hydrogens (tertiary/aromatic N) is 1. The number of carbonyl (C=O) groups is 1. The maximum Gasteiger partial charge on any atom is 0.410 e. The van der Waals surface area contributed by atoms with Gasteiger partial charge in [0, 0.05) is 19.3 Å². The van der Waals surface area contributed by atoms with Crippen LogP contribution in [-0.2, 0) is 17.7 Å². The Bertz CT molecular complexity index is 1120. The molecule has 0 aliphatic rings. The van der Waals surface area contributed by atoms with Crippen LogP contribution in [0.3, 0.4) is 0 Å². The van der Waals surface area contributed by atoms with Crippen molar-refractivity contribution < 1.29 is 14.3 Å². The first-order chi connectivity index (χ1) is 16.8. The fourth-order valence-corrected chi connectivity index (χ4v) is 8.43. The standard InChI is InChI=1S/C30H40N2O3Si/c1-29(2,3)35-28(33)32(6)22-23-14-13-19-27(31)26(23)20-21-30(4,5)36(34,24-15-9-7-10-16-24)25-17-11-8-12-18-25/h7-19,34H,20-22,31H2,1-6H3. The van der Waals surface area contributed by atoms with Gasteiger partial charge in [0.1, 0.15) is 5.60 Å². The number of hydrogen-bond acceptors (Lipinski definition) is 4. The van der Waals surface area contributed by atoms with Crippen LogP contribution in [0.5, 0.6) is 0 Å². The van der Waals surface area contributed by atoms with E-state index in [0.29, 0.717) is 18.7 Å². The van der Waals surface area contributed by atoms with Gasteiger partial charge in [0.25, 0.3) is 8.32 Å². The van der Waals surface area contributed by atoms with Gasteiger partial charge in [-0.2, -0.15) is 0 Å². The highest BCUT2D eigenvalue weighted by Crippen LogP contribution is 2.40. The lowest BCUT2D eigenvalue weighted by atomic mass is 9.96. The molecule has 0 bridgehead atoms. The zero-order chi connectivity index (χ0) is 26.6. The maximum absolute atomic E-state index is 12.6. The number of nitrogen functional groups attached to an aromatic ring is 1. The minimum absolute atomic E-state index is 0.369. The van der Waals surface area contributed by atoms with Crippen LogP contribution in [0.25, 0.3) is 0 Å². The second-order valence-corrected chi connectivity index (χ2v) is 15.1.